The number of carbonyl (C=O) groups excluding carboxylic acids is 2. The zero-order chi connectivity index (χ0) is 18.7. The molecule has 1 aromatic carbocycles. The van der Waals surface area contributed by atoms with Crippen molar-refractivity contribution in [2.45, 2.75) is 52.6 Å². The van der Waals surface area contributed by atoms with E-state index in [4.69, 9.17) is 0 Å². The number of amides is 2. The summed E-state index contributed by atoms with van der Waals surface area (Å²) in [6, 6.07) is 5.15. The highest BCUT2D eigenvalue weighted by Gasteiger charge is 2.30. The van der Waals surface area contributed by atoms with Crippen LogP contribution in [0.1, 0.15) is 60.9 Å². The lowest BCUT2D eigenvalue weighted by Crippen LogP contribution is -2.30. The van der Waals surface area contributed by atoms with Crippen LogP contribution in [0.15, 0.2) is 24.5 Å². The van der Waals surface area contributed by atoms with Gasteiger partial charge in [0.25, 0.3) is 5.91 Å². The van der Waals surface area contributed by atoms with Crippen LogP contribution < -0.4 is 10.6 Å². The SMILES string of the molecule is CC[C@H](NC(=O)c1ccc(C)c(NC(=O)C2CC2)c1)c1ncnn1CC. The van der Waals surface area contributed by atoms with E-state index in [9.17, 15) is 9.59 Å². The molecule has 1 aliphatic carbocycles. The van der Waals surface area contributed by atoms with Gasteiger partial charge in [0.2, 0.25) is 5.91 Å². The summed E-state index contributed by atoms with van der Waals surface area (Å²) < 4.78 is 1.78. The zero-order valence-electron chi connectivity index (χ0n) is 15.5. The van der Waals surface area contributed by atoms with Crippen LogP contribution >= 0.6 is 0 Å². The van der Waals surface area contributed by atoms with Crippen molar-refractivity contribution in [3.63, 3.8) is 0 Å². The van der Waals surface area contributed by atoms with E-state index in [1.54, 1.807) is 16.8 Å². The minimum Gasteiger partial charge on any atom is -0.342 e. The van der Waals surface area contributed by atoms with Crippen LogP contribution in [0.2, 0.25) is 0 Å². The van der Waals surface area contributed by atoms with E-state index in [0.29, 0.717) is 24.2 Å². The number of nitrogens with one attached hydrogen (secondary N) is 2. The molecule has 0 aliphatic heterocycles. The lowest BCUT2D eigenvalue weighted by Gasteiger charge is -2.17. The molecular weight excluding hydrogens is 330 g/mol. The number of hydrogen-bond acceptors (Lipinski definition) is 4. The summed E-state index contributed by atoms with van der Waals surface area (Å²) in [5, 5.41) is 10.1. The summed E-state index contributed by atoms with van der Waals surface area (Å²) in [5.41, 5.74) is 2.15. The molecule has 7 nitrogen and oxygen atoms in total. The summed E-state index contributed by atoms with van der Waals surface area (Å²) in [6.45, 7) is 6.60. The Hall–Kier alpha value is -2.70. The van der Waals surface area contributed by atoms with Crippen molar-refractivity contribution < 1.29 is 9.59 Å². The zero-order valence-corrected chi connectivity index (χ0v) is 15.5. The van der Waals surface area contributed by atoms with Gasteiger partial charge in [0.1, 0.15) is 12.2 Å². The molecule has 0 radical (unpaired) electrons. The van der Waals surface area contributed by atoms with Crippen molar-refractivity contribution in [2.75, 3.05) is 5.32 Å². The molecule has 3 rings (SSSR count). The fourth-order valence-corrected chi connectivity index (χ4v) is 2.86. The van der Waals surface area contributed by atoms with Crippen LogP contribution in [-0.2, 0) is 11.3 Å². The minimum absolute atomic E-state index is 0.0353. The topological polar surface area (TPSA) is 88.9 Å². The summed E-state index contributed by atoms with van der Waals surface area (Å²) >= 11 is 0. The Bertz CT molecular complexity index is 810. The standard InChI is InChI=1S/C19H25N5O2/c1-4-15(17-20-11-21-24(17)5-2)22-19(26)14-7-6-12(3)16(10-14)23-18(25)13-8-9-13/h6-7,10-11,13,15H,4-5,8-9H2,1-3H3,(H,22,26)(H,23,25)/t15-/m0/s1. The molecular formula is C19H25N5O2. The van der Waals surface area contributed by atoms with Gasteiger partial charge in [0, 0.05) is 23.7 Å². The first-order valence-electron chi connectivity index (χ1n) is 9.13. The second-order valence-corrected chi connectivity index (χ2v) is 6.66. The van der Waals surface area contributed by atoms with Gasteiger partial charge in [-0.3, -0.25) is 9.59 Å². The van der Waals surface area contributed by atoms with Crippen LogP contribution in [0, 0.1) is 12.8 Å². The highest BCUT2D eigenvalue weighted by Crippen LogP contribution is 2.31. The van der Waals surface area contributed by atoms with Crippen molar-refractivity contribution in [1.82, 2.24) is 20.1 Å². The number of rotatable bonds is 7. The molecule has 0 spiro atoms. The highest BCUT2D eigenvalue weighted by atomic mass is 16.2. The van der Waals surface area contributed by atoms with Crippen molar-refractivity contribution in [3.05, 3.63) is 41.5 Å². The number of carbonyl (C=O) groups is 2. The minimum atomic E-state index is -0.212. The van der Waals surface area contributed by atoms with Crippen molar-refractivity contribution in [3.8, 4) is 0 Å². The first kappa shape index (κ1) is 18.1. The Balaban J connectivity index is 1.75. The molecule has 1 fully saturated rings. The number of hydrogen-bond donors (Lipinski definition) is 2. The molecule has 2 amide bonds. The van der Waals surface area contributed by atoms with Gasteiger partial charge in [-0.15, -0.1) is 0 Å². The molecule has 0 bridgehead atoms. The van der Waals surface area contributed by atoms with Gasteiger partial charge < -0.3 is 10.6 Å². The van der Waals surface area contributed by atoms with Gasteiger partial charge >= 0.3 is 0 Å². The normalized spacial score (nSPS) is 14.7. The van der Waals surface area contributed by atoms with E-state index in [-0.39, 0.29) is 23.8 Å². The molecule has 1 atom stereocenters. The van der Waals surface area contributed by atoms with E-state index in [1.165, 1.54) is 6.33 Å². The lowest BCUT2D eigenvalue weighted by molar-refractivity contribution is -0.117. The molecule has 26 heavy (non-hydrogen) atoms. The quantitative estimate of drug-likeness (QED) is 0.799. The molecule has 0 unspecified atom stereocenters. The number of nitrogens with zero attached hydrogens (tertiary/aromatic N) is 3. The Labute approximate surface area is 153 Å². The Morgan fingerprint density at radius 3 is 2.73 bits per heavy atom. The molecule has 1 aromatic heterocycles. The number of anilines is 1. The van der Waals surface area contributed by atoms with Crippen LogP contribution in [0.25, 0.3) is 0 Å². The third-order valence-electron chi connectivity index (χ3n) is 4.68. The Morgan fingerprint density at radius 1 is 1.31 bits per heavy atom. The van der Waals surface area contributed by atoms with Crippen molar-refractivity contribution in [2.24, 2.45) is 5.92 Å². The summed E-state index contributed by atoms with van der Waals surface area (Å²) in [7, 11) is 0. The molecule has 1 heterocycles. The average molecular weight is 355 g/mol. The van der Waals surface area contributed by atoms with Gasteiger partial charge in [-0.05, 0) is 50.8 Å². The van der Waals surface area contributed by atoms with Crippen LogP contribution in [-0.4, -0.2) is 26.6 Å². The monoisotopic (exact) mass is 355 g/mol. The number of aryl methyl sites for hydroxylation is 2. The first-order valence-corrected chi connectivity index (χ1v) is 9.13. The third kappa shape index (κ3) is 3.92. The van der Waals surface area contributed by atoms with Gasteiger partial charge in [-0.25, -0.2) is 9.67 Å². The van der Waals surface area contributed by atoms with Crippen LogP contribution in [0.5, 0.6) is 0 Å². The van der Waals surface area contributed by atoms with Gasteiger partial charge in [-0.1, -0.05) is 13.0 Å². The molecule has 7 heteroatoms. The number of aromatic nitrogens is 3. The van der Waals surface area contributed by atoms with Crippen LogP contribution in [0.4, 0.5) is 5.69 Å². The summed E-state index contributed by atoms with van der Waals surface area (Å²) in [6.07, 6.45) is 4.11. The average Bonchev–Trinajstić information content (AvgIpc) is 3.39. The van der Waals surface area contributed by atoms with Crippen LogP contribution in [0.3, 0.4) is 0 Å². The van der Waals surface area contributed by atoms with E-state index in [1.807, 2.05) is 26.8 Å². The van der Waals surface area contributed by atoms with Gasteiger partial charge in [0.15, 0.2) is 0 Å². The maximum absolute atomic E-state index is 12.7. The second kappa shape index (κ2) is 7.68. The molecule has 1 saturated carbocycles. The van der Waals surface area contributed by atoms with E-state index < -0.39 is 0 Å². The largest absolute Gasteiger partial charge is 0.342 e. The number of benzene rings is 1. The molecule has 0 saturated heterocycles. The Kier molecular flexibility index (Phi) is 5.35. The molecule has 138 valence electrons. The summed E-state index contributed by atoms with van der Waals surface area (Å²) in [4.78, 5) is 29.0. The van der Waals surface area contributed by atoms with E-state index >= 15 is 0 Å². The first-order chi connectivity index (χ1) is 12.5. The smallest absolute Gasteiger partial charge is 0.251 e. The second-order valence-electron chi connectivity index (χ2n) is 6.66. The van der Waals surface area contributed by atoms with Crippen molar-refractivity contribution in [1.29, 1.82) is 0 Å². The predicted molar refractivity (Wildman–Crippen MR) is 98.7 cm³/mol. The Morgan fingerprint density at radius 2 is 2.08 bits per heavy atom. The highest BCUT2D eigenvalue weighted by molar-refractivity contribution is 5.99. The molecule has 1 aliphatic rings. The fourth-order valence-electron chi connectivity index (χ4n) is 2.86. The van der Waals surface area contributed by atoms with Crippen molar-refractivity contribution >= 4 is 17.5 Å². The maximum Gasteiger partial charge on any atom is 0.251 e. The lowest BCUT2D eigenvalue weighted by atomic mass is 10.1. The fraction of sp³-hybridized carbons (Fsp3) is 0.474. The van der Waals surface area contributed by atoms with E-state index in [0.717, 1.165) is 24.2 Å². The van der Waals surface area contributed by atoms with Gasteiger partial charge in [0.05, 0.1) is 6.04 Å². The maximum atomic E-state index is 12.7. The summed E-state index contributed by atoms with van der Waals surface area (Å²) in [5.74, 6) is 0.715. The predicted octanol–water partition coefficient (Wildman–Crippen LogP) is 2.84. The third-order valence-corrected chi connectivity index (χ3v) is 4.68. The molecule has 2 aromatic rings. The molecule has 2 N–H and O–H groups in total. The van der Waals surface area contributed by atoms with E-state index in [2.05, 4.69) is 20.7 Å². The van der Waals surface area contributed by atoms with Gasteiger partial charge in [-0.2, -0.15) is 5.10 Å².